The van der Waals surface area contributed by atoms with E-state index in [2.05, 4.69) is 0 Å². The van der Waals surface area contributed by atoms with E-state index in [0.29, 0.717) is 17.3 Å². The number of nitrogens with two attached hydrogens (primary N) is 1. The summed E-state index contributed by atoms with van der Waals surface area (Å²) in [7, 11) is 0. The highest BCUT2D eigenvalue weighted by atomic mass is 35.5. The first-order valence-corrected chi connectivity index (χ1v) is 6.85. The summed E-state index contributed by atoms with van der Waals surface area (Å²) in [6.45, 7) is 0.298. The number of benzene rings is 1. The number of hydrogen-bond acceptors (Lipinski definition) is 3. The number of fused-ring (bicyclic) bond motifs is 1. The van der Waals surface area contributed by atoms with Crippen molar-refractivity contribution in [3.63, 3.8) is 0 Å². The predicted molar refractivity (Wildman–Crippen MR) is 72.3 cm³/mol. The number of anilines is 1. The molecule has 100 valence electrons. The van der Waals surface area contributed by atoms with Crippen molar-refractivity contribution in [1.29, 1.82) is 0 Å². The molecule has 1 aromatic carbocycles. The van der Waals surface area contributed by atoms with Gasteiger partial charge in [0.05, 0.1) is 29.1 Å². The highest BCUT2D eigenvalue weighted by Gasteiger charge is 2.49. The van der Waals surface area contributed by atoms with Crippen molar-refractivity contribution in [2.45, 2.75) is 25.8 Å². The lowest BCUT2D eigenvalue weighted by Crippen LogP contribution is -2.31. The van der Waals surface area contributed by atoms with Gasteiger partial charge in [0, 0.05) is 0 Å². The Morgan fingerprint density at radius 3 is 2.42 bits per heavy atom. The fraction of sp³-hybridized carbons (Fsp3) is 0.429. The molecule has 2 unspecified atom stereocenters. The van der Waals surface area contributed by atoms with E-state index < -0.39 is 0 Å². The third kappa shape index (κ3) is 2.00. The second-order valence-electron chi connectivity index (χ2n) is 5.26. The van der Waals surface area contributed by atoms with Gasteiger partial charge in [-0.1, -0.05) is 24.1 Å². The van der Waals surface area contributed by atoms with Gasteiger partial charge in [0.2, 0.25) is 11.8 Å². The maximum absolute atomic E-state index is 12.2. The normalized spacial score (nSPS) is 26.1. The number of carbonyl (C=O) groups is 2. The molecular formula is C14H15ClN2O2. The van der Waals surface area contributed by atoms with Crippen LogP contribution in [0.15, 0.2) is 18.2 Å². The molecule has 1 aliphatic heterocycles. The fourth-order valence-electron chi connectivity index (χ4n) is 3.09. The van der Waals surface area contributed by atoms with E-state index in [4.69, 9.17) is 17.3 Å². The molecule has 0 aromatic heterocycles. The molecule has 1 aliphatic carbocycles. The highest BCUT2D eigenvalue weighted by Crippen LogP contribution is 2.40. The molecule has 4 nitrogen and oxygen atoms in total. The summed E-state index contributed by atoms with van der Waals surface area (Å²) >= 11 is 5.86. The number of rotatable bonds is 2. The number of carbonyl (C=O) groups excluding carboxylic acids is 2. The summed E-state index contributed by atoms with van der Waals surface area (Å²) in [5.74, 6) is -0.226. The van der Waals surface area contributed by atoms with Gasteiger partial charge in [0.25, 0.3) is 0 Å². The van der Waals surface area contributed by atoms with Gasteiger partial charge in [-0.15, -0.1) is 0 Å². The van der Waals surface area contributed by atoms with Crippen LogP contribution in [0.3, 0.4) is 0 Å². The molecule has 2 atom stereocenters. The molecule has 1 heterocycles. The minimum Gasteiger partial charge on any atom is -0.398 e. The van der Waals surface area contributed by atoms with Crippen molar-refractivity contribution < 1.29 is 9.59 Å². The van der Waals surface area contributed by atoms with Crippen LogP contribution >= 0.6 is 11.6 Å². The molecule has 1 aromatic rings. The van der Waals surface area contributed by atoms with E-state index in [1.165, 1.54) is 4.90 Å². The zero-order chi connectivity index (χ0) is 13.6. The molecule has 19 heavy (non-hydrogen) atoms. The Balaban J connectivity index is 1.81. The predicted octanol–water partition coefficient (Wildman–Crippen LogP) is 2.21. The van der Waals surface area contributed by atoms with Crippen LogP contribution in [-0.4, -0.2) is 16.7 Å². The van der Waals surface area contributed by atoms with Gasteiger partial charge < -0.3 is 5.73 Å². The van der Waals surface area contributed by atoms with Gasteiger partial charge in [-0.3, -0.25) is 14.5 Å². The van der Waals surface area contributed by atoms with Gasteiger partial charge in [-0.25, -0.2) is 0 Å². The van der Waals surface area contributed by atoms with Crippen LogP contribution in [0.1, 0.15) is 24.8 Å². The number of imide groups is 1. The maximum atomic E-state index is 12.2. The van der Waals surface area contributed by atoms with Crippen molar-refractivity contribution in [1.82, 2.24) is 4.90 Å². The monoisotopic (exact) mass is 278 g/mol. The number of nitrogen functional groups attached to an aromatic ring is 1. The minimum atomic E-state index is -0.0860. The second-order valence-corrected chi connectivity index (χ2v) is 5.67. The lowest BCUT2D eigenvalue weighted by molar-refractivity contribution is -0.141. The average molecular weight is 279 g/mol. The third-order valence-electron chi connectivity index (χ3n) is 4.08. The third-order valence-corrected chi connectivity index (χ3v) is 4.43. The Hall–Kier alpha value is -1.55. The Morgan fingerprint density at radius 1 is 1.21 bits per heavy atom. The fourth-order valence-corrected chi connectivity index (χ4v) is 3.21. The van der Waals surface area contributed by atoms with E-state index in [9.17, 15) is 9.59 Å². The largest absolute Gasteiger partial charge is 0.398 e. The van der Waals surface area contributed by atoms with Crippen molar-refractivity contribution in [2.24, 2.45) is 11.8 Å². The first-order chi connectivity index (χ1) is 9.08. The lowest BCUT2D eigenvalue weighted by atomic mass is 10.00. The van der Waals surface area contributed by atoms with E-state index in [0.717, 1.165) is 24.8 Å². The zero-order valence-corrected chi connectivity index (χ0v) is 11.2. The molecule has 2 N–H and O–H groups in total. The standard InChI is InChI=1S/C14H15ClN2O2/c15-11-5-4-8(6-12(11)16)7-17-13(18)9-2-1-3-10(9)14(17)19/h4-6,9-10H,1-3,7,16H2. The number of hydrogen-bond donors (Lipinski definition) is 1. The molecule has 5 heteroatoms. The maximum Gasteiger partial charge on any atom is 0.233 e. The Bertz CT molecular complexity index is 536. The highest BCUT2D eigenvalue weighted by molar-refractivity contribution is 6.33. The first-order valence-electron chi connectivity index (χ1n) is 6.47. The first kappa shape index (κ1) is 12.5. The van der Waals surface area contributed by atoms with Crippen molar-refractivity contribution in [2.75, 3.05) is 5.73 Å². The van der Waals surface area contributed by atoms with Gasteiger partial charge in [-0.2, -0.15) is 0 Å². The summed E-state index contributed by atoms with van der Waals surface area (Å²) in [5.41, 5.74) is 7.04. The van der Waals surface area contributed by atoms with Crippen LogP contribution in [0.5, 0.6) is 0 Å². The van der Waals surface area contributed by atoms with Crippen LogP contribution < -0.4 is 5.73 Å². The van der Waals surface area contributed by atoms with E-state index >= 15 is 0 Å². The quantitative estimate of drug-likeness (QED) is 0.666. The van der Waals surface area contributed by atoms with Crippen LogP contribution in [0, 0.1) is 11.8 Å². The van der Waals surface area contributed by atoms with E-state index in [1.807, 2.05) is 0 Å². The van der Waals surface area contributed by atoms with Gasteiger partial charge in [-0.05, 0) is 30.5 Å². The molecule has 0 radical (unpaired) electrons. The molecule has 2 amide bonds. The Kier molecular flexibility index (Phi) is 2.97. The number of nitrogens with zero attached hydrogens (tertiary/aromatic N) is 1. The molecule has 1 saturated heterocycles. The average Bonchev–Trinajstić information content (AvgIpc) is 2.94. The Labute approximate surface area is 116 Å². The van der Waals surface area contributed by atoms with E-state index in [-0.39, 0.29) is 23.7 Å². The topological polar surface area (TPSA) is 63.4 Å². The van der Waals surface area contributed by atoms with Crippen molar-refractivity contribution in [3.05, 3.63) is 28.8 Å². The second kappa shape index (κ2) is 4.53. The van der Waals surface area contributed by atoms with Crippen LogP contribution in [0.2, 0.25) is 5.02 Å². The van der Waals surface area contributed by atoms with E-state index in [1.54, 1.807) is 18.2 Å². The number of halogens is 1. The van der Waals surface area contributed by atoms with Gasteiger partial charge in [0.1, 0.15) is 0 Å². The SMILES string of the molecule is Nc1cc(CN2C(=O)C3CCCC3C2=O)ccc1Cl. The number of likely N-dealkylation sites (tertiary alicyclic amines) is 1. The molecule has 2 fully saturated rings. The van der Waals surface area contributed by atoms with Crippen molar-refractivity contribution in [3.8, 4) is 0 Å². The van der Waals surface area contributed by atoms with Crippen LogP contribution in [0.25, 0.3) is 0 Å². The molecule has 2 aliphatic rings. The smallest absolute Gasteiger partial charge is 0.233 e. The van der Waals surface area contributed by atoms with Gasteiger partial charge in [0.15, 0.2) is 0 Å². The van der Waals surface area contributed by atoms with Crippen LogP contribution in [0.4, 0.5) is 5.69 Å². The summed E-state index contributed by atoms with van der Waals surface area (Å²) in [4.78, 5) is 25.8. The lowest BCUT2D eigenvalue weighted by Gasteiger charge is -2.16. The van der Waals surface area contributed by atoms with Crippen LogP contribution in [-0.2, 0) is 16.1 Å². The summed E-state index contributed by atoms with van der Waals surface area (Å²) in [6, 6.07) is 5.21. The molecule has 0 bridgehead atoms. The molecule has 3 rings (SSSR count). The summed E-state index contributed by atoms with van der Waals surface area (Å²) in [6.07, 6.45) is 2.66. The van der Waals surface area contributed by atoms with Crippen molar-refractivity contribution >= 4 is 29.1 Å². The Morgan fingerprint density at radius 2 is 1.84 bits per heavy atom. The molecular weight excluding hydrogens is 264 g/mol. The molecule has 0 spiro atoms. The van der Waals surface area contributed by atoms with Gasteiger partial charge >= 0.3 is 0 Å². The summed E-state index contributed by atoms with van der Waals surface area (Å²) < 4.78 is 0. The summed E-state index contributed by atoms with van der Waals surface area (Å²) in [5, 5.41) is 0.486. The molecule has 1 saturated carbocycles. The minimum absolute atomic E-state index is 0.0268. The zero-order valence-electron chi connectivity index (χ0n) is 10.4. The number of amides is 2.